The highest BCUT2D eigenvalue weighted by molar-refractivity contribution is 7.09. The van der Waals surface area contributed by atoms with E-state index in [1.54, 1.807) is 22.3 Å². The van der Waals surface area contributed by atoms with E-state index in [-0.39, 0.29) is 11.7 Å². The number of anilines is 1. The lowest BCUT2D eigenvalue weighted by atomic mass is 9.91. The van der Waals surface area contributed by atoms with E-state index in [4.69, 9.17) is 0 Å². The Morgan fingerprint density at radius 1 is 1.48 bits per heavy atom. The lowest BCUT2D eigenvalue weighted by Gasteiger charge is -2.33. The molecule has 1 aliphatic rings. The highest BCUT2D eigenvalue weighted by atomic mass is 32.1. The monoisotopic (exact) mass is 330 g/mol. The number of para-hydroxylation sites is 1. The zero-order valence-corrected chi connectivity index (χ0v) is 14.4. The maximum Gasteiger partial charge on any atom is 0.227 e. The van der Waals surface area contributed by atoms with Gasteiger partial charge >= 0.3 is 0 Å². The van der Waals surface area contributed by atoms with Crippen molar-refractivity contribution >= 4 is 22.9 Å². The van der Waals surface area contributed by atoms with E-state index in [0.29, 0.717) is 24.6 Å². The molecule has 1 unspecified atom stereocenters. The highest BCUT2D eigenvalue weighted by Crippen LogP contribution is 2.41. The smallest absolute Gasteiger partial charge is 0.227 e. The van der Waals surface area contributed by atoms with Gasteiger partial charge in [0, 0.05) is 18.3 Å². The van der Waals surface area contributed by atoms with E-state index in [1.807, 2.05) is 19.1 Å². The van der Waals surface area contributed by atoms with Gasteiger partial charge in [-0.3, -0.25) is 4.79 Å². The van der Waals surface area contributed by atoms with Crippen molar-refractivity contribution < 1.29 is 9.90 Å². The van der Waals surface area contributed by atoms with Crippen LogP contribution in [-0.4, -0.2) is 22.5 Å². The molecule has 1 amide bonds. The molecular formula is C18H22N2O2S. The molecule has 1 atom stereocenters. The molecule has 1 aliphatic heterocycles. The maximum atomic E-state index is 12.6. The predicted octanol–water partition coefficient (Wildman–Crippen LogP) is 4.02. The third-order valence-corrected chi connectivity index (χ3v) is 5.25. The Hall–Kier alpha value is -1.88. The van der Waals surface area contributed by atoms with Crippen molar-refractivity contribution in [2.45, 2.75) is 45.4 Å². The summed E-state index contributed by atoms with van der Waals surface area (Å²) >= 11 is 1.64. The fraction of sp³-hybridized carbons (Fsp3) is 0.444. The summed E-state index contributed by atoms with van der Waals surface area (Å²) in [6.45, 7) is 4.82. The third kappa shape index (κ3) is 3.39. The predicted molar refractivity (Wildman–Crippen MR) is 93.3 cm³/mol. The van der Waals surface area contributed by atoms with Crippen molar-refractivity contribution in [3.8, 4) is 5.75 Å². The normalized spacial score (nSPS) is 17.1. The summed E-state index contributed by atoms with van der Waals surface area (Å²) in [5.74, 6) is 0.670. The molecule has 1 N–H and O–H groups in total. The minimum absolute atomic E-state index is 0.0894. The van der Waals surface area contributed by atoms with Crippen LogP contribution in [0.25, 0.3) is 0 Å². The number of benzene rings is 1. The minimum atomic E-state index is 0.0894. The molecule has 1 aromatic carbocycles. The van der Waals surface area contributed by atoms with E-state index in [0.717, 1.165) is 35.5 Å². The van der Waals surface area contributed by atoms with Crippen molar-refractivity contribution in [3.05, 3.63) is 39.8 Å². The van der Waals surface area contributed by atoms with Gasteiger partial charge in [-0.1, -0.05) is 19.1 Å². The van der Waals surface area contributed by atoms with Gasteiger partial charge in [-0.2, -0.15) is 0 Å². The number of thiazole rings is 1. The summed E-state index contributed by atoms with van der Waals surface area (Å²) in [6, 6.07) is 5.52. The van der Waals surface area contributed by atoms with E-state index in [2.05, 4.69) is 17.3 Å². The summed E-state index contributed by atoms with van der Waals surface area (Å²) in [5, 5.41) is 13.3. The molecule has 1 aromatic heterocycles. The Morgan fingerprint density at radius 3 is 3.04 bits per heavy atom. The molecule has 23 heavy (non-hydrogen) atoms. The Kier molecular flexibility index (Phi) is 4.66. The SMILES string of the molecule is Cc1nc(CCCC(=O)N2CCC(C)c3cccc(O)c32)cs1. The molecule has 0 fully saturated rings. The molecule has 0 saturated carbocycles. The standard InChI is InChI=1S/C18H22N2O2S/c1-12-9-10-20(18-15(12)6-4-7-16(18)21)17(22)8-3-5-14-11-23-13(2)19-14/h4,6-7,11-12,21H,3,5,8-10H2,1-2H3. The van der Waals surface area contributed by atoms with Gasteiger partial charge in [-0.15, -0.1) is 11.3 Å². The Morgan fingerprint density at radius 2 is 2.30 bits per heavy atom. The van der Waals surface area contributed by atoms with Crippen LogP contribution in [0.15, 0.2) is 23.6 Å². The topological polar surface area (TPSA) is 53.4 Å². The second-order valence-corrected chi connectivity index (χ2v) is 7.22. The van der Waals surface area contributed by atoms with Crippen LogP contribution in [0.2, 0.25) is 0 Å². The average molecular weight is 330 g/mol. The third-order valence-electron chi connectivity index (χ3n) is 4.42. The van der Waals surface area contributed by atoms with E-state index >= 15 is 0 Å². The van der Waals surface area contributed by atoms with Crippen LogP contribution in [-0.2, 0) is 11.2 Å². The number of carbonyl (C=O) groups excluding carboxylic acids is 1. The van der Waals surface area contributed by atoms with Gasteiger partial charge in [0.15, 0.2) is 0 Å². The fourth-order valence-electron chi connectivity index (χ4n) is 3.16. The van der Waals surface area contributed by atoms with Crippen LogP contribution in [0.3, 0.4) is 0 Å². The van der Waals surface area contributed by atoms with Crippen molar-refractivity contribution in [3.63, 3.8) is 0 Å². The summed E-state index contributed by atoms with van der Waals surface area (Å²) < 4.78 is 0. The number of hydrogen-bond donors (Lipinski definition) is 1. The minimum Gasteiger partial charge on any atom is -0.506 e. The summed E-state index contributed by atoms with van der Waals surface area (Å²) in [6.07, 6.45) is 3.04. The van der Waals surface area contributed by atoms with Gasteiger partial charge in [-0.25, -0.2) is 4.98 Å². The zero-order valence-electron chi connectivity index (χ0n) is 13.6. The number of aryl methyl sites for hydroxylation is 2. The van der Waals surface area contributed by atoms with Crippen LogP contribution in [0.1, 0.15) is 48.4 Å². The first-order chi connectivity index (χ1) is 11.1. The number of amides is 1. The molecule has 0 saturated heterocycles. The van der Waals surface area contributed by atoms with Gasteiger partial charge in [0.1, 0.15) is 5.75 Å². The first-order valence-corrected chi connectivity index (χ1v) is 8.97. The summed E-state index contributed by atoms with van der Waals surface area (Å²) in [7, 11) is 0. The van der Waals surface area contributed by atoms with Crippen LogP contribution < -0.4 is 4.90 Å². The first kappa shape index (κ1) is 16.0. The number of phenolic OH excluding ortho intramolecular Hbond substituents is 1. The molecule has 5 heteroatoms. The molecule has 0 bridgehead atoms. The Balaban J connectivity index is 1.67. The van der Waals surface area contributed by atoms with Gasteiger partial charge in [0.2, 0.25) is 5.91 Å². The second-order valence-electron chi connectivity index (χ2n) is 6.16. The molecular weight excluding hydrogens is 308 g/mol. The number of carbonyl (C=O) groups is 1. The number of nitrogens with zero attached hydrogens (tertiary/aromatic N) is 2. The van der Waals surface area contributed by atoms with Gasteiger partial charge in [0.05, 0.1) is 16.4 Å². The molecule has 122 valence electrons. The molecule has 0 radical (unpaired) electrons. The highest BCUT2D eigenvalue weighted by Gasteiger charge is 2.28. The maximum absolute atomic E-state index is 12.6. The van der Waals surface area contributed by atoms with Gasteiger partial charge < -0.3 is 10.0 Å². The van der Waals surface area contributed by atoms with E-state index in [1.165, 1.54) is 0 Å². The fourth-order valence-corrected chi connectivity index (χ4v) is 3.81. The quantitative estimate of drug-likeness (QED) is 0.921. The molecule has 0 spiro atoms. The van der Waals surface area contributed by atoms with E-state index in [9.17, 15) is 9.90 Å². The van der Waals surface area contributed by atoms with Gasteiger partial charge in [0.25, 0.3) is 0 Å². The van der Waals surface area contributed by atoms with Crippen molar-refractivity contribution in [2.24, 2.45) is 0 Å². The van der Waals surface area contributed by atoms with Crippen LogP contribution in [0.5, 0.6) is 5.75 Å². The number of hydrogen-bond acceptors (Lipinski definition) is 4. The first-order valence-electron chi connectivity index (χ1n) is 8.09. The zero-order chi connectivity index (χ0) is 16.4. The molecule has 2 aromatic rings. The average Bonchev–Trinajstić information content (AvgIpc) is 2.94. The second kappa shape index (κ2) is 6.71. The molecule has 4 nitrogen and oxygen atoms in total. The Bertz CT molecular complexity index is 711. The van der Waals surface area contributed by atoms with Crippen molar-refractivity contribution in [1.82, 2.24) is 4.98 Å². The number of phenols is 1. The van der Waals surface area contributed by atoms with Crippen LogP contribution in [0, 0.1) is 6.92 Å². The largest absolute Gasteiger partial charge is 0.506 e. The number of aromatic hydroxyl groups is 1. The molecule has 2 heterocycles. The van der Waals surface area contributed by atoms with Crippen molar-refractivity contribution in [2.75, 3.05) is 11.4 Å². The van der Waals surface area contributed by atoms with Crippen LogP contribution in [0.4, 0.5) is 5.69 Å². The van der Waals surface area contributed by atoms with Crippen LogP contribution >= 0.6 is 11.3 Å². The Labute approximate surface area is 140 Å². The van der Waals surface area contributed by atoms with E-state index < -0.39 is 0 Å². The molecule has 0 aliphatic carbocycles. The molecule has 3 rings (SSSR count). The number of rotatable bonds is 4. The summed E-state index contributed by atoms with van der Waals surface area (Å²) in [5.41, 5.74) is 2.84. The van der Waals surface area contributed by atoms with Gasteiger partial charge in [-0.05, 0) is 43.7 Å². The summed E-state index contributed by atoms with van der Waals surface area (Å²) in [4.78, 5) is 18.8. The lowest BCUT2D eigenvalue weighted by Crippen LogP contribution is -2.36. The number of fused-ring (bicyclic) bond motifs is 1. The number of aromatic nitrogens is 1. The lowest BCUT2D eigenvalue weighted by molar-refractivity contribution is -0.118. The van der Waals surface area contributed by atoms with Crippen molar-refractivity contribution in [1.29, 1.82) is 0 Å².